The molecule has 1 unspecified atom stereocenters. The SMILES string of the molecule is Cc1nnc(NC(=O)C2CC(=O)N(c3cccc(Cl)c3)C2)s1. The third-order valence-electron chi connectivity index (χ3n) is 3.37. The van der Waals surface area contributed by atoms with Crippen LogP contribution in [0.15, 0.2) is 24.3 Å². The maximum absolute atomic E-state index is 12.2. The van der Waals surface area contributed by atoms with E-state index in [2.05, 4.69) is 15.5 Å². The summed E-state index contributed by atoms with van der Waals surface area (Å²) in [5, 5.41) is 12.2. The fraction of sp³-hybridized carbons (Fsp3) is 0.286. The van der Waals surface area contributed by atoms with Crippen molar-refractivity contribution in [2.45, 2.75) is 13.3 Å². The Labute approximate surface area is 136 Å². The molecule has 8 heteroatoms. The molecule has 114 valence electrons. The smallest absolute Gasteiger partial charge is 0.231 e. The van der Waals surface area contributed by atoms with Crippen molar-refractivity contribution in [2.24, 2.45) is 5.92 Å². The van der Waals surface area contributed by atoms with E-state index in [4.69, 9.17) is 11.6 Å². The van der Waals surface area contributed by atoms with Crippen LogP contribution in [0.1, 0.15) is 11.4 Å². The molecule has 1 aliphatic rings. The van der Waals surface area contributed by atoms with Gasteiger partial charge < -0.3 is 10.2 Å². The lowest BCUT2D eigenvalue weighted by Gasteiger charge is -2.16. The van der Waals surface area contributed by atoms with E-state index >= 15 is 0 Å². The van der Waals surface area contributed by atoms with Gasteiger partial charge in [-0.25, -0.2) is 0 Å². The summed E-state index contributed by atoms with van der Waals surface area (Å²) in [6.45, 7) is 2.15. The summed E-state index contributed by atoms with van der Waals surface area (Å²) >= 11 is 7.25. The van der Waals surface area contributed by atoms with E-state index in [1.165, 1.54) is 11.3 Å². The van der Waals surface area contributed by atoms with Crippen LogP contribution in [0.5, 0.6) is 0 Å². The van der Waals surface area contributed by atoms with Crippen LogP contribution in [0, 0.1) is 12.8 Å². The van der Waals surface area contributed by atoms with Gasteiger partial charge in [0, 0.05) is 23.7 Å². The van der Waals surface area contributed by atoms with E-state index in [0.717, 1.165) is 5.01 Å². The highest BCUT2D eigenvalue weighted by Crippen LogP contribution is 2.28. The number of carbonyl (C=O) groups is 2. The van der Waals surface area contributed by atoms with Crippen LogP contribution < -0.4 is 10.2 Å². The zero-order chi connectivity index (χ0) is 15.7. The predicted molar refractivity (Wildman–Crippen MR) is 85.2 cm³/mol. The van der Waals surface area contributed by atoms with Crippen molar-refractivity contribution in [3.05, 3.63) is 34.3 Å². The minimum Gasteiger partial charge on any atom is -0.312 e. The van der Waals surface area contributed by atoms with E-state index in [0.29, 0.717) is 22.4 Å². The summed E-state index contributed by atoms with van der Waals surface area (Å²) < 4.78 is 0. The quantitative estimate of drug-likeness (QED) is 0.934. The van der Waals surface area contributed by atoms with Crippen molar-refractivity contribution in [1.29, 1.82) is 0 Å². The van der Waals surface area contributed by atoms with Gasteiger partial charge in [0.1, 0.15) is 5.01 Å². The Morgan fingerprint density at radius 1 is 1.45 bits per heavy atom. The monoisotopic (exact) mass is 336 g/mol. The number of hydrogen-bond donors (Lipinski definition) is 1. The molecule has 1 atom stereocenters. The molecule has 1 N–H and O–H groups in total. The summed E-state index contributed by atoms with van der Waals surface area (Å²) in [6.07, 6.45) is 0.177. The number of nitrogens with one attached hydrogen (secondary N) is 1. The summed E-state index contributed by atoms with van der Waals surface area (Å²) in [5.74, 6) is -0.708. The number of nitrogens with zero attached hydrogens (tertiary/aromatic N) is 3. The summed E-state index contributed by atoms with van der Waals surface area (Å²) in [5.41, 5.74) is 0.708. The topological polar surface area (TPSA) is 75.2 Å². The summed E-state index contributed by atoms with van der Waals surface area (Å²) in [6, 6.07) is 7.04. The lowest BCUT2D eigenvalue weighted by molar-refractivity contribution is -0.122. The number of hydrogen-bond acceptors (Lipinski definition) is 5. The van der Waals surface area contributed by atoms with Crippen molar-refractivity contribution in [3.8, 4) is 0 Å². The molecular weight excluding hydrogens is 324 g/mol. The lowest BCUT2D eigenvalue weighted by Crippen LogP contribution is -2.28. The fourth-order valence-electron chi connectivity index (χ4n) is 2.33. The number of benzene rings is 1. The van der Waals surface area contributed by atoms with Gasteiger partial charge in [-0.3, -0.25) is 9.59 Å². The first kappa shape index (κ1) is 14.9. The molecule has 1 fully saturated rings. The van der Waals surface area contributed by atoms with Crippen molar-refractivity contribution in [2.75, 3.05) is 16.8 Å². The number of anilines is 2. The van der Waals surface area contributed by atoms with Gasteiger partial charge in [0.15, 0.2) is 0 Å². The van der Waals surface area contributed by atoms with Crippen molar-refractivity contribution in [1.82, 2.24) is 10.2 Å². The summed E-state index contributed by atoms with van der Waals surface area (Å²) in [4.78, 5) is 26.0. The number of aryl methyl sites for hydroxylation is 1. The molecule has 0 saturated carbocycles. The Hall–Kier alpha value is -1.99. The molecule has 22 heavy (non-hydrogen) atoms. The van der Waals surface area contributed by atoms with Crippen LogP contribution in [0.25, 0.3) is 0 Å². The zero-order valence-electron chi connectivity index (χ0n) is 11.7. The Balaban J connectivity index is 1.70. The van der Waals surface area contributed by atoms with Crippen LogP contribution in [-0.4, -0.2) is 28.6 Å². The van der Waals surface area contributed by atoms with Gasteiger partial charge in [-0.2, -0.15) is 0 Å². The number of rotatable bonds is 3. The Morgan fingerprint density at radius 3 is 2.95 bits per heavy atom. The second kappa shape index (κ2) is 6.02. The third kappa shape index (κ3) is 3.10. The minimum absolute atomic E-state index is 0.0872. The molecule has 0 bridgehead atoms. The van der Waals surface area contributed by atoms with Gasteiger partial charge in [0.2, 0.25) is 16.9 Å². The van der Waals surface area contributed by atoms with Crippen LogP contribution in [-0.2, 0) is 9.59 Å². The van der Waals surface area contributed by atoms with E-state index in [-0.39, 0.29) is 18.2 Å². The van der Waals surface area contributed by atoms with Crippen LogP contribution in [0.3, 0.4) is 0 Å². The van der Waals surface area contributed by atoms with E-state index in [1.54, 1.807) is 29.2 Å². The van der Waals surface area contributed by atoms with E-state index in [1.807, 2.05) is 6.92 Å². The van der Waals surface area contributed by atoms with Crippen molar-refractivity contribution in [3.63, 3.8) is 0 Å². The summed E-state index contributed by atoms with van der Waals surface area (Å²) in [7, 11) is 0. The normalized spacial score (nSPS) is 17.8. The number of carbonyl (C=O) groups excluding carboxylic acids is 2. The molecule has 3 rings (SSSR count). The molecule has 1 aliphatic heterocycles. The first-order valence-corrected chi connectivity index (χ1v) is 7.89. The van der Waals surface area contributed by atoms with Gasteiger partial charge in [0.05, 0.1) is 5.92 Å². The second-order valence-electron chi connectivity index (χ2n) is 5.00. The Kier molecular flexibility index (Phi) is 4.08. The molecule has 1 saturated heterocycles. The Morgan fingerprint density at radius 2 is 2.27 bits per heavy atom. The highest BCUT2D eigenvalue weighted by molar-refractivity contribution is 7.15. The van der Waals surface area contributed by atoms with Crippen LogP contribution >= 0.6 is 22.9 Å². The molecule has 0 aliphatic carbocycles. The van der Waals surface area contributed by atoms with E-state index < -0.39 is 5.92 Å². The fourth-order valence-corrected chi connectivity index (χ4v) is 3.11. The molecule has 2 amide bonds. The standard InChI is InChI=1S/C14H13ClN4O2S/c1-8-17-18-14(22-8)16-13(21)9-5-12(20)19(7-9)11-4-2-3-10(15)6-11/h2-4,6,9H,5,7H2,1H3,(H,16,18,21). The lowest BCUT2D eigenvalue weighted by atomic mass is 10.1. The minimum atomic E-state index is -0.407. The molecule has 6 nitrogen and oxygen atoms in total. The van der Waals surface area contributed by atoms with Gasteiger partial charge in [-0.05, 0) is 25.1 Å². The van der Waals surface area contributed by atoms with Crippen molar-refractivity contribution < 1.29 is 9.59 Å². The zero-order valence-corrected chi connectivity index (χ0v) is 13.3. The number of amides is 2. The third-order valence-corrected chi connectivity index (χ3v) is 4.36. The van der Waals surface area contributed by atoms with Crippen molar-refractivity contribution >= 4 is 45.6 Å². The molecule has 1 aromatic carbocycles. The van der Waals surface area contributed by atoms with Gasteiger partial charge in [-0.15, -0.1) is 10.2 Å². The highest BCUT2D eigenvalue weighted by Gasteiger charge is 2.35. The molecule has 2 aromatic rings. The maximum atomic E-state index is 12.2. The predicted octanol–water partition coefficient (Wildman–Crippen LogP) is 2.49. The average Bonchev–Trinajstić information content (AvgIpc) is 3.05. The van der Waals surface area contributed by atoms with Gasteiger partial charge >= 0.3 is 0 Å². The number of aromatic nitrogens is 2. The van der Waals surface area contributed by atoms with Crippen LogP contribution in [0.2, 0.25) is 5.02 Å². The highest BCUT2D eigenvalue weighted by atomic mass is 35.5. The van der Waals surface area contributed by atoms with Gasteiger partial charge in [-0.1, -0.05) is 29.0 Å². The first-order chi connectivity index (χ1) is 10.5. The second-order valence-corrected chi connectivity index (χ2v) is 6.62. The van der Waals surface area contributed by atoms with Gasteiger partial charge in [0.25, 0.3) is 0 Å². The maximum Gasteiger partial charge on any atom is 0.231 e. The molecule has 1 aromatic heterocycles. The molecule has 0 radical (unpaired) electrons. The molecule has 2 heterocycles. The molecule has 0 spiro atoms. The Bertz CT molecular complexity index is 733. The molecular formula is C14H13ClN4O2S. The largest absolute Gasteiger partial charge is 0.312 e. The first-order valence-electron chi connectivity index (χ1n) is 6.70. The average molecular weight is 337 g/mol. The van der Waals surface area contributed by atoms with Crippen LogP contribution in [0.4, 0.5) is 10.8 Å². The number of halogens is 1. The van der Waals surface area contributed by atoms with E-state index in [9.17, 15) is 9.59 Å².